The van der Waals surface area contributed by atoms with Crippen molar-refractivity contribution in [3.05, 3.63) is 35.4 Å². The molecule has 1 aliphatic rings. The van der Waals surface area contributed by atoms with Crippen molar-refractivity contribution < 1.29 is 30.0 Å². The van der Waals surface area contributed by atoms with Crippen LogP contribution < -0.4 is 0 Å². The predicted octanol–water partition coefficient (Wildman–Crippen LogP) is 1.95. The van der Waals surface area contributed by atoms with Crippen molar-refractivity contribution in [2.45, 2.75) is 24.5 Å². The SMILES string of the molecule is O=S(=O)(O)C1CCCc2ccccc21.[Fe]. The van der Waals surface area contributed by atoms with Crippen molar-refractivity contribution in [3.63, 3.8) is 0 Å². The number of hydrogen-bond acceptors (Lipinski definition) is 2. The number of benzene rings is 1. The van der Waals surface area contributed by atoms with Gasteiger partial charge in [0.1, 0.15) is 5.25 Å². The van der Waals surface area contributed by atoms with Gasteiger partial charge in [-0.05, 0) is 30.4 Å². The third-order valence-electron chi connectivity index (χ3n) is 2.67. The Balaban J connectivity index is 0.00000112. The Bertz CT molecular complexity index is 442. The Kier molecular flexibility index (Phi) is 3.95. The molecule has 1 unspecified atom stereocenters. The molecule has 3 nitrogen and oxygen atoms in total. The molecule has 0 saturated carbocycles. The summed E-state index contributed by atoms with van der Waals surface area (Å²) in [6.07, 6.45) is 2.25. The van der Waals surface area contributed by atoms with Crippen LogP contribution in [0.1, 0.15) is 29.2 Å². The summed E-state index contributed by atoms with van der Waals surface area (Å²) in [6.45, 7) is 0. The molecule has 0 aromatic heterocycles. The monoisotopic (exact) mass is 268 g/mol. The van der Waals surface area contributed by atoms with Crippen molar-refractivity contribution in [3.8, 4) is 0 Å². The van der Waals surface area contributed by atoms with E-state index in [-0.39, 0.29) is 17.1 Å². The van der Waals surface area contributed by atoms with Crippen LogP contribution in [0.15, 0.2) is 24.3 Å². The third-order valence-corrected chi connectivity index (χ3v) is 3.88. The second-order valence-corrected chi connectivity index (χ2v) is 5.19. The largest absolute Gasteiger partial charge is 0.285 e. The number of fused-ring (bicyclic) bond motifs is 1. The molecule has 0 amide bonds. The number of rotatable bonds is 1. The van der Waals surface area contributed by atoms with Gasteiger partial charge in [-0.3, -0.25) is 4.55 Å². The second-order valence-electron chi connectivity index (χ2n) is 3.59. The molecule has 1 aromatic carbocycles. The van der Waals surface area contributed by atoms with Crippen molar-refractivity contribution in [1.29, 1.82) is 0 Å². The summed E-state index contributed by atoms with van der Waals surface area (Å²) in [5, 5.41) is -0.715. The summed E-state index contributed by atoms with van der Waals surface area (Å²) in [7, 11) is -3.94. The molecule has 0 spiro atoms. The first kappa shape index (κ1) is 12.7. The standard InChI is InChI=1S/C10H12O3S.Fe/c11-14(12,13)10-7-3-5-8-4-1-2-6-9(8)10;/h1-2,4,6,10H,3,5,7H2,(H,11,12,13);. The van der Waals surface area contributed by atoms with Gasteiger partial charge >= 0.3 is 0 Å². The molecular weight excluding hydrogens is 256 g/mol. The van der Waals surface area contributed by atoms with Gasteiger partial charge in [0.25, 0.3) is 10.1 Å². The molecule has 0 bridgehead atoms. The minimum Gasteiger partial charge on any atom is -0.285 e. The van der Waals surface area contributed by atoms with Gasteiger partial charge in [0.05, 0.1) is 0 Å². The Morgan fingerprint density at radius 1 is 1.27 bits per heavy atom. The predicted molar refractivity (Wildman–Crippen MR) is 53.7 cm³/mol. The van der Waals surface area contributed by atoms with Gasteiger partial charge in [-0.25, -0.2) is 0 Å². The molecule has 1 aromatic rings. The molecular formula is C10H12FeO3S. The van der Waals surface area contributed by atoms with E-state index in [2.05, 4.69) is 0 Å². The topological polar surface area (TPSA) is 54.4 Å². The van der Waals surface area contributed by atoms with Crippen LogP contribution in [-0.2, 0) is 33.6 Å². The molecule has 1 atom stereocenters. The van der Waals surface area contributed by atoms with Gasteiger partial charge in [0.15, 0.2) is 0 Å². The minimum absolute atomic E-state index is 0. The third kappa shape index (κ3) is 2.61. The van der Waals surface area contributed by atoms with E-state index in [0.717, 1.165) is 24.0 Å². The van der Waals surface area contributed by atoms with E-state index in [0.29, 0.717) is 6.42 Å². The fourth-order valence-corrected chi connectivity index (χ4v) is 3.03. The summed E-state index contributed by atoms with van der Waals surface area (Å²) >= 11 is 0. The van der Waals surface area contributed by atoms with Crippen molar-refractivity contribution >= 4 is 10.1 Å². The van der Waals surface area contributed by atoms with E-state index in [9.17, 15) is 8.42 Å². The van der Waals surface area contributed by atoms with E-state index < -0.39 is 15.4 Å². The van der Waals surface area contributed by atoms with Crippen molar-refractivity contribution in [2.24, 2.45) is 0 Å². The Hall–Kier alpha value is -0.351. The van der Waals surface area contributed by atoms with E-state index in [1.54, 1.807) is 6.07 Å². The summed E-state index contributed by atoms with van der Waals surface area (Å²) in [4.78, 5) is 0. The average molecular weight is 268 g/mol. The molecule has 1 aliphatic carbocycles. The van der Waals surface area contributed by atoms with Crippen LogP contribution in [0.5, 0.6) is 0 Å². The van der Waals surface area contributed by atoms with Crippen LogP contribution in [0.3, 0.4) is 0 Å². The van der Waals surface area contributed by atoms with E-state index in [4.69, 9.17) is 4.55 Å². The normalized spacial score (nSPS) is 20.2. The summed E-state index contributed by atoms with van der Waals surface area (Å²) in [5.74, 6) is 0. The number of hydrogen-bond donors (Lipinski definition) is 1. The summed E-state index contributed by atoms with van der Waals surface area (Å²) < 4.78 is 31.3. The van der Waals surface area contributed by atoms with Crippen LogP contribution in [0, 0.1) is 0 Å². The maximum Gasteiger partial charge on any atom is 0.271 e. The smallest absolute Gasteiger partial charge is 0.271 e. The molecule has 1 N–H and O–H groups in total. The Labute approximate surface area is 100 Å². The van der Waals surface area contributed by atoms with E-state index >= 15 is 0 Å². The fourth-order valence-electron chi connectivity index (χ4n) is 2.02. The van der Waals surface area contributed by atoms with Crippen LogP contribution in [0.25, 0.3) is 0 Å². The minimum atomic E-state index is -3.94. The number of aryl methyl sites for hydroxylation is 1. The zero-order valence-electron chi connectivity index (χ0n) is 8.03. The van der Waals surface area contributed by atoms with Crippen LogP contribution >= 0.6 is 0 Å². The van der Waals surface area contributed by atoms with Gasteiger partial charge < -0.3 is 0 Å². The quantitative estimate of drug-likeness (QED) is 0.625. The molecule has 0 aliphatic heterocycles. The Morgan fingerprint density at radius 2 is 1.93 bits per heavy atom. The van der Waals surface area contributed by atoms with Gasteiger partial charge in [-0.2, -0.15) is 8.42 Å². The van der Waals surface area contributed by atoms with Crippen molar-refractivity contribution in [1.82, 2.24) is 0 Å². The van der Waals surface area contributed by atoms with Gasteiger partial charge in [0.2, 0.25) is 0 Å². The van der Waals surface area contributed by atoms with Gasteiger partial charge in [0, 0.05) is 17.1 Å². The van der Waals surface area contributed by atoms with Crippen molar-refractivity contribution in [2.75, 3.05) is 0 Å². The van der Waals surface area contributed by atoms with E-state index in [1.807, 2.05) is 18.2 Å². The van der Waals surface area contributed by atoms with Gasteiger partial charge in [-0.15, -0.1) is 0 Å². The van der Waals surface area contributed by atoms with Gasteiger partial charge in [-0.1, -0.05) is 24.3 Å². The molecule has 0 heterocycles. The van der Waals surface area contributed by atoms with Crippen LogP contribution in [-0.4, -0.2) is 13.0 Å². The maximum absolute atomic E-state index is 11.1. The second kappa shape index (κ2) is 4.66. The van der Waals surface area contributed by atoms with Crippen LogP contribution in [0.4, 0.5) is 0 Å². The average Bonchev–Trinajstić information content (AvgIpc) is 2.15. The van der Waals surface area contributed by atoms with E-state index in [1.165, 1.54) is 0 Å². The zero-order valence-corrected chi connectivity index (χ0v) is 9.95. The molecule has 15 heavy (non-hydrogen) atoms. The summed E-state index contributed by atoms with van der Waals surface area (Å²) in [6, 6.07) is 7.41. The molecule has 0 radical (unpaired) electrons. The molecule has 2 rings (SSSR count). The first-order valence-electron chi connectivity index (χ1n) is 4.63. The molecule has 5 heteroatoms. The molecule has 84 valence electrons. The zero-order chi connectivity index (χ0) is 10.2. The first-order valence-corrected chi connectivity index (χ1v) is 6.13. The maximum atomic E-state index is 11.1. The fraction of sp³-hybridized carbons (Fsp3) is 0.400. The first-order chi connectivity index (χ1) is 6.59. The van der Waals surface area contributed by atoms with Crippen LogP contribution in [0.2, 0.25) is 0 Å². The molecule has 0 saturated heterocycles. The molecule has 0 fully saturated rings. The summed E-state index contributed by atoms with van der Waals surface area (Å²) in [5.41, 5.74) is 1.81. The Morgan fingerprint density at radius 3 is 2.60 bits per heavy atom.